The number of alkyl halides is 2. The number of carbonyl (C=O) groups excluding carboxylic acids is 1. The Balaban J connectivity index is 1.63. The summed E-state index contributed by atoms with van der Waals surface area (Å²) in [6.07, 6.45) is -0.931. The summed E-state index contributed by atoms with van der Waals surface area (Å²) in [4.78, 5) is 26.8. The molecule has 0 bridgehead atoms. The summed E-state index contributed by atoms with van der Waals surface area (Å²) in [5.74, 6) is -0.442. The van der Waals surface area contributed by atoms with E-state index in [9.17, 15) is 23.7 Å². The Morgan fingerprint density at radius 3 is 2.56 bits per heavy atom. The van der Waals surface area contributed by atoms with Crippen molar-refractivity contribution in [2.45, 2.75) is 25.2 Å². The van der Waals surface area contributed by atoms with E-state index in [1.54, 1.807) is 0 Å². The number of nitrogens with zero attached hydrogens (tertiary/aromatic N) is 4. The Morgan fingerprint density at radius 2 is 1.96 bits per heavy atom. The first-order chi connectivity index (χ1) is 12.9. The van der Waals surface area contributed by atoms with Crippen LogP contribution in [0.25, 0.3) is 5.65 Å². The number of hydrogen-bond donors (Lipinski definition) is 1. The molecule has 1 aliphatic carbocycles. The largest absolute Gasteiger partial charge is 0.321 e. The normalized spacial score (nSPS) is 13.9. The van der Waals surface area contributed by atoms with Crippen LogP contribution in [-0.2, 0) is 0 Å². The number of nitro groups is 1. The third-order valence-corrected chi connectivity index (χ3v) is 4.26. The molecule has 138 valence electrons. The molecule has 0 radical (unpaired) electrons. The van der Waals surface area contributed by atoms with Gasteiger partial charge < -0.3 is 5.32 Å². The van der Waals surface area contributed by atoms with E-state index in [2.05, 4.69) is 15.4 Å². The number of amides is 1. The molecule has 10 heteroatoms. The van der Waals surface area contributed by atoms with E-state index in [1.165, 1.54) is 36.4 Å². The summed E-state index contributed by atoms with van der Waals surface area (Å²) in [6, 6.07) is 7.92. The molecule has 1 fully saturated rings. The van der Waals surface area contributed by atoms with Crippen LogP contribution >= 0.6 is 0 Å². The first kappa shape index (κ1) is 17.0. The van der Waals surface area contributed by atoms with Crippen LogP contribution in [0, 0.1) is 10.1 Å². The average Bonchev–Trinajstić information content (AvgIpc) is 3.39. The number of halogens is 2. The van der Waals surface area contributed by atoms with Crippen molar-refractivity contribution in [2.24, 2.45) is 0 Å². The van der Waals surface area contributed by atoms with Crippen molar-refractivity contribution in [2.75, 3.05) is 5.32 Å². The molecular formula is C17H13F2N5O3. The number of rotatable bonds is 5. The van der Waals surface area contributed by atoms with Gasteiger partial charge in [-0.15, -0.1) is 0 Å². The number of anilines is 1. The highest BCUT2D eigenvalue weighted by molar-refractivity contribution is 6.03. The minimum Gasteiger partial charge on any atom is -0.321 e. The van der Waals surface area contributed by atoms with Gasteiger partial charge >= 0.3 is 0 Å². The summed E-state index contributed by atoms with van der Waals surface area (Å²) in [5.41, 5.74) is 0.595. The van der Waals surface area contributed by atoms with E-state index in [1.807, 2.05) is 0 Å². The van der Waals surface area contributed by atoms with E-state index in [0.717, 1.165) is 17.4 Å². The maximum absolute atomic E-state index is 13.4. The van der Waals surface area contributed by atoms with Crippen molar-refractivity contribution in [3.8, 4) is 0 Å². The Labute approximate surface area is 151 Å². The van der Waals surface area contributed by atoms with Crippen LogP contribution in [0.5, 0.6) is 0 Å². The van der Waals surface area contributed by atoms with Crippen molar-refractivity contribution in [3.63, 3.8) is 0 Å². The fourth-order valence-corrected chi connectivity index (χ4v) is 2.73. The fourth-order valence-electron chi connectivity index (χ4n) is 2.73. The standard InChI is InChI=1S/C17H13F2N5O3/c18-16(19)14-7-12(9-1-2-9)21-15-8-13(22-23(14)15)17(25)20-10-3-5-11(6-4-10)24(26)27/h3-9,16H,1-2H2,(H,20,25). The minimum atomic E-state index is -2.75. The first-order valence-corrected chi connectivity index (χ1v) is 8.17. The number of fused-ring (bicyclic) bond motifs is 1. The number of hydrogen-bond acceptors (Lipinski definition) is 5. The number of carbonyl (C=O) groups is 1. The van der Waals surface area contributed by atoms with E-state index < -0.39 is 17.3 Å². The van der Waals surface area contributed by atoms with Gasteiger partial charge in [0.15, 0.2) is 11.3 Å². The van der Waals surface area contributed by atoms with E-state index in [-0.39, 0.29) is 28.6 Å². The summed E-state index contributed by atoms with van der Waals surface area (Å²) in [7, 11) is 0. The lowest BCUT2D eigenvalue weighted by molar-refractivity contribution is -0.384. The van der Waals surface area contributed by atoms with Crippen molar-refractivity contribution in [1.82, 2.24) is 14.6 Å². The van der Waals surface area contributed by atoms with Crippen molar-refractivity contribution in [3.05, 3.63) is 63.6 Å². The molecule has 1 amide bonds. The Bertz CT molecular complexity index is 1040. The third kappa shape index (κ3) is 3.33. The van der Waals surface area contributed by atoms with Gasteiger partial charge in [0.25, 0.3) is 18.0 Å². The molecule has 1 aromatic carbocycles. The predicted molar refractivity (Wildman–Crippen MR) is 91.0 cm³/mol. The first-order valence-electron chi connectivity index (χ1n) is 8.17. The summed E-state index contributed by atoms with van der Waals surface area (Å²) in [5, 5.41) is 17.1. The van der Waals surface area contributed by atoms with Crippen molar-refractivity contribution in [1.29, 1.82) is 0 Å². The molecule has 1 saturated carbocycles. The van der Waals surface area contributed by atoms with Crippen LogP contribution in [0.4, 0.5) is 20.2 Å². The Kier molecular flexibility index (Phi) is 4.02. The van der Waals surface area contributed by atoms with Gasteiger partial charge in [0.2, 0.25) is 0 Å². The zero-order chi connectivity index (χ0) is 19.1. The molecule has 0 aliphatic heterocycles. The summed E-state index contributed by atoms with van der Waals surface area (Å²) in [6.45, 7) is 0. The molecule has 0 unspecified atom stereocenters. The highest BCUT2D eigenvalue weighted by Gasteiger charge is 2.28. The van der Waals surface area contributed by atoms with Gasteiger partial charge in [-0.3, -0.25) is 14.9 Å². The predicted octanol–water partition coefficient (Wildman–Crippen LogP) is 3.70. The summed E-state index contributed by atoms with van der Waals surface area (Å²) < 4.78 is 27.7. The lowest BCUT2D eigenvalue weighted by Gasteiger charge is -2.06. The highest BCUT2D eigenvalue weighted by atomic mass is 19.3. The highest BCUT2D eigenvalue weighted by Crippen LogP contribution is 2.40. The van der Waals surface area contributed by atoms with Crippen molar-refractivity contribution < 1.29 is 18.5 Å². The van der Waals surface area contributed by atoms with Gasteiger partial charge in [-0.25, -0.2) is 18.3 Å². The molecule has 1 aliphatic rings. The molecule has 8 nitrogen and oxygen atoms in total. The molecule has 0 saturated heterocycles. The van der Waals surface area contributed by atoms with Gasteiger partial charge in [0.1, 0.15) is 5.69 Å². The van der Waals surface area contributed by atoms with E-state index in [0.29, 0.717) is 11.4 Å². The fraction of sp³-hybridized carbons (Fsp3) is 0.235. The molecule has 3 aromatic rings. The van der Waals surface area contributed by atoms with Gasteiger partial charge in [-0.2, -0.15) is 5.10 Å². The number of benzene rings is 1. The maximum atomic E-state index is 13.4. The lowest BCUT2D eigenvalue weighted by Crippen LogP contribution is -2.13. The van der Waals surface area contributed by atoms with Gasteiger partial charge in [0, 0.05) is 35.5 Å². The number of nitrogens with one attached hydrogen (secondary N) is 1. The molecule has 27 heavy (non-hydrogen) atoms. The number of aromatic nitrogens is 3. The lowest BCUT2D eigenvalue weighted by atomic mass is 10.2. The van der Waals surface area contributed by atoms with Crippen LogP contribution in [0.3, 0.4) is 0 Å². The Morgan fingerprint density at radius 1 is 1.26 bits per heavy atom. The maximum Gasteiger partial charge on any atom is 0.280 e. The van der Waals surface area contributed by atoms with Gasteiger partial charge in [-0.1, -0.05) is 0 Å². The van der Waals surface area contributed by atoms with Gasteiger partial charge in [-0.05, 0) is 31.0 Å². The number of non-ortho nitro benzene ring substituents is 1. The molecule has 2 heterocycles. The molecule has 4 rings (SSSR count). The van der Waals surface area contributed by atoms with Gasteiger partial charge in [0.05, 0.1) is 4.92 Å². The SMILES string of the molecule is O=C(Nc1ccc([N+](=O)[O-])cc1)c1cc2nc(C3CC3)cc(C(F)F)n2n1. The quantitative estimate of drug-likeness (QED) is 0.543. The van der Waals surface area contributed by atoms with E-state index in [4.69, 9.17) is 0 Å². The monoisotopic (exact) mass is 373 g/mol. The zero-order valence-corrected chi connectivity index (χ0v) is 13.8. The smallest absolute Gasteiger partial charge is 0.280 e. The summed E-state index contributed by atoms with van der Waals surface area (Å²) >= 11 is 0. The zero-order valence-electron chi connectivity index (χ0n) is 13.8. The molecule has 2 aromatic heterocycles. The molecule has 1 N–H and O–H groups in total. The van der Waals surface area contributed by atoms with Crippen LogP contribution in [-0.4, -0.2) is 25.4 Å². The third-order valence-electron chi connectivity index (χ3n) is 4.26. The van der Waals surface area contributed by atoms with Crippen LogP contribution < -0.4 is 5.32 Å². The molecule has 0 atom stereocenters. The van der Waals surface area contributed by atoms with Crippen LogP contribution in [0.2, 0.25) is 0 Å². The Hall–Kier alpha value is -3.43. The molecule has 0 spiro atoms. The van der Waals surface area contributed by atoms with Crippen molar-refractivity contribution >= 4 is 22.9 Å². The van der Waals surface area contributed by atoms with Crippen LogP contribution in [0.1, 0.15) is 47.1 Å². The second-order valence-corrected chi connectivity index (χ2v) is 6.24. The second kappa shape index (κ2) is 6.38. The molecular weight excluding hydrogens is 360 g/mol. The van der Waals surface area contributed by atoms with Crippen LogP contribution in [0.15, 0.2) is 36.4 Å². The second-order valence-electron chi connectivity index (χ2n) is 6.24. The minimum absolute atomic E-state index is 0.0734. The number of nitro benzene ring substituents is 1. The average molecular weight is 373 g/mol. The topological polar surface area (TPSA) is 102 Å². The van der Waals surface area contributed by atoms with E-state index >= 15 is 0 Å².